The van der Waals surface area contributed by atoms with Gasteiger partial charge in [-0.2, -0.15) is 0 Å². The van der Waals surface area contributed by atoms with Gasteiger partial charge in [0.2, 0.25) is 0 Å². The first-order valence-electron chi connectivity index (χ1n) is 5.77. The van der Waals surface area contributed by atoms with Gasteiger partial charge in [-0.3, -0.25) is 4.79 Å². The molecular formula is C14H12BrNOS. The van der Waals surface area contributed by atoms with E-state index in [4.69, 9.17) is 5.73 Å². The molecule has 2 nitrogen and oxygen atoms in total. The number of Topliss-reactive ketones (excluding diaryl/α,β-unsaturated/α-hetero) is 1. The molecule has 0 saturated heterocycles. The summed E-state index contributed by atoms with van der Waals surface area (Å²) < 4.78 is 0.902. The van der Waals surface area contributed by atoms with Crippen LogP contribution in [0.3, 0.4) is 0 Å². The number of nitrogens with two attached hydrogens (primary N) is 1. The van der Waals surface area contributed by atoms with Crippen LogP contribution in [-0.2, 0) is 5.41 Å². The molecule has 18 heavy (non-hydrogen) atoms. The monoisotopic (exact) mass is 321 g/mol. The van der Waals surface area contributed by atoms with Gasteiger partial charge in [0.25, 0.3) is 0 Å². The summed E-state index contributed by atoms with van der Waals surface area (Å²) >= 11 is 4.94. The number of ketones is 1. The van der Waals surface area contributed by atoms with Gasteiger partial charge in [0, 0.05) is 10.2 Å². The zero-order chi connectivity index (χ0) is 12.8. The largest absolute Gasteiger partial charge is 0.399 e. The third-order valence-electron chi connectivity index (χ3n) is 3.47. The van der Waals surface area contributed by atoms with Crippen LogP contribution in [-0.4, -0.2) is 5.78 Å². The SMILES string of the molecule is Nc1ccc(C2(C(=O)c3sccc3Br)CC2)cc1. The van der Waals surface area contributed by atoms with E-state index in [9.17, 15) is 4.79 Å². The molecule has 0 atom stereocenters. The van der Waals surface area contributed by atoms with E-state index >= 15 is 0 Å². The highest BCUT2D eigenvalue weighted by Gasteiger charge is 2.51. The van der Waals surface area contributed by atoms with Crippen molar-refractivity contribution in [1.82, 2.24) is 0 Å². The molecule has 2 aromatic rings. The zero-order valence-corrected chi connectivity index (χ0v) is 12.1. The molecule has 2 N–H and O–H groups in total. The van der Waals surface area contributed by atoms with Gasteiger partial charge in [0.15, 0.2) is 5.78 Å². The Morgan fingerprint density at radius 2 is 1.89 bits per heavy atom. The first-order valence-corrected chi connectivity index (χ1v) is 7.44. The minimum atomic E-state index is -0.304. The fourth-order valence-electron chi connectivity index (χ4n) is 2.25. The number of carbonyl (C=O) groups is 1. The Morgan fingerprint density at radius 3 is 2.39 bits per heavy atom. The van der Waals surface area contributed by atoms with Gasteiger partial charge in [-0.1, -0.05) is 12.1 Å². The third-order valence-corrected chi connectivity index (χ3v) is 5.31. The van der Waals surface area contributed by atoms with Crippen LogP contribution in [0.15, 0.2) is 40.2 Å². The smallest absolute Gasteiger partial charge is 0.184 e. The minimum absolute atomic E-state index is 0.231. The van der Waals surface area contributed by atoms with Crippen molar-refractivity contribution in [1.29, 1.82) is 0 Å². The molecule has 0 bridgehead atoms. The van der Waals surface area contributed by atoms with E-state index in [0.29, 0.717) is 0 Å². The van der Waals surface area contributed by atoms with Gasteiger partial charge in [-0.05, 0) is 57.9 Å². The first kappa shape index (κ1) is 11.9. The highest BCUT2D eigenvalue weighted by molar-refractivity contribution is 9.10. The Kier molecular flexibility index (Phi) is 2.79. The van der Waals surface area contributed by atoms with Crippen molar-refractivity contribution in [2.45, 2.75) is 18.3 Å². The summed E-state index contributed by atoms with van der Waals surface area (Å²) in [5, 5.41) is 1.94. The second kappa shape index (κ2) is 4.21. The number of benzene rings is 1. The molecule has 1 heterocycles. The molecule has 0 unspecified atom stereocenters. The molecule has 92 valence electrons. The highest BCUT2D eigenvalue weighted by Crippen LogP contribution is 2.51. The van der Waals surface area contributed by atoms with Crippen LogP contribution in [0.25, 0.3) is 0 Å². The normalized spacial score (nSPS) is 16.5. The summed E-state index contributed by atoms with van der Waals surface area (Å²) in [7, 11) is 0. The Balaban J connectivity index is 1.99. The van der Waals surface area contributed by atoms with Crippen LogP contribution in [0.2, 0.25) is 0 Å². The standard InChI is InChI=1S/C14H12BrNOS/c15-11-5-8-18-12(11)13(17)14(6-7-14)9-1-3-10(16)4-2-9/h1-5,8H,6-7,16H2. The second-order valence-electron chi connectivity index (χ2n) is 4.63. The van der Waals surface area contributed by atoms with Crippen LogP contribution in [0.4, 0.5) is 5.69 Å². The molecule has 0 radical (unpaired) electrons. The molecule has 1 fully saturated rings. The number of rotatable bonds is 3. The number of anilines is 1. The van der Waals surface area contributed by atoms with Crippen molar-refractivity contribution in [3.8, 4) is 0 Å². The summed E-state index contributed by atoms with van der Waals surface area (Å²) in [4.78, 5) is 13.5. The number of halogens is 1. The second-order valence-corrected chi connectivity index (χ2v) is 6.40. The summed E-state index contributed by atoms with van der Waals surface area (Å²) in [6.07, 6.45) is 1.86. The van der Waals surface area contributed by atoms with Crippen molar-refractivity contribution < 1.29 is 4.79 Å². The van der Waals surface area contributed by atoms with Crippen LogP contribution in [0.5, 0.6) is 0 Å². The van der Waals surface area contributed by atoms with Crippen LogP contribution in [0, 0.1) is 0 Å². The van der Waals surface area contributed by atoms with Gasteiger partial charge in [0.1, 0.15) is 0 Å². The average Bonchev–Trinajstić information content (AvgIpc) is 3.07. The first-order chi connectivity index (χ1) is 8.63. The third kappa shape index (κ3) is 1.80. The number of thiophene rings is 1. The zero-order valence-electron chi connectivity index (χ0n) is 9.65. The van der Waals surface area contributed by atoms with Crippen LogP contribution >= 0.6 is 27.3 Å². The molecule has 0 aliphatic heterocycles. The predicted molar refractivity (Wildman–Crippen MR) is 78.1 cm³/mol. The number of hydrogen-bond acceptors (Lipinski definition) is 3. The van der Waals surface area contributed by atoms with Gasteiger partial charge in [-0.15, -0.1) is 11.3 Å². The summed E-state index contributed by atoms with van der Waals surface area (Å²) in [5.74, 6) is 0.231. The highest BCUT2D eigenvalue weighted by atomic mass is 79.9. The van der Waals surface area contributed by atoms with E-state index in [0.717, 1.165) is 33.4 Å². The molecule has 0 spiro atoms. The summed E-state index contributed by atoms with van der Waals surface area (Å²) in [6.45, 7) is 0. The van der Waals surface area contributed by atoms with Crippen molar-refractivity contribution >= 4 is 38.7 Å². The fourth-order valence-corrected chi connectivity index (χ4v) is 3.84. The Bertz CT molecular complexity index is 599. The maximum Gasteiger partial charge on any atom is 0.184 e. The maximum atomic E-state index is 12.6. The van der Waals surface area contributed by atoms with E-state index in [-0.39, 0.29) is 11.2 Å². The lowest BCUT2D eigenvalue weighted by Crippen LogP contribution is -2.20. The van der Waals surface area contributed by atoms with Crippen LogP contribution in [0.1, 0.15) is 28.1 Å². The van der Waals surface area contributed by atoms with Crippen molar-refractivity contribution in [2.24, 2.45) is 0 Å². The van der Waals surface area contributed by atoms with E-state index in [1.54, 1.807) is 0 Å². The van der Waals surface area contributed by atoms with Crippen molar-refractivity contribution in [3.63, 3.8) is 0 Å². The molecular weight excluding hydrogens is 310 g/mol. The minimum Gasteiger partial charge on any atom is -0.399 e. The lowest BCUT2D eigenvalue weighted by molar-refractivity contribution is 0.0949. The Hall–Kier alpha value is -1.13. The molecule has 1 aromatic heterocycles. The number of nitrogen functional groups attached to an aromatic ring is 1. The fraction of sp³-hybridized carbons (Fsp3) is 0.214. The number of hydrogen-bond donors (Lipinski definition) is 1. The van der Waals surface area contributed by atoms with Gasteiger partial charge in [0.05, 0.1) is 10.3 Å². The van der Waals surface area contributed by atoms with Crippen molar-refractivity contribution in [2.75, 3.05) is 5.73 Å². The van der Waals surface area contributed by atoms with E-state index in [1.165, 1.54) is 11.3 Å². The molecule has 0 amide bonds. The average molecular weight is 322 g/mol. The van der Waals surface area contributed by atoms with E-state index < -0.39 is 0 Å². The van der Waals surface area contributed by atoms with E-state index in [2.05, 4.69) is 15.9 Å². The topological polar surface area (TPSA) is 43.1 Å². The molecule has 3 rings (SSSR count). The Morgan fingerprint density at radius 1 is 1.22 bits per heavy atom. The van der Waals surface area contributed by atoms with Crippen molar-refractivity contribution in [3.05, 3.63) is 50.6 Å². The van der Waals surface area contributed by atoms with Gasteiger partial charge < -0.3 is 5.73 Å². The molecule has 1 saturated carbocycles. The van der Waals surface area contributed by atoms with Gasteiger partial charge >= 0.3 is 0 Å². The lowest BCUT2D eigenvalue weighted by atomic mass is 9.90. The molecule has 4 heteroatoms. The quantitative estimate of drug-likeness (QED) is 0.685. The predicted octanol–water partition coefficient (Wildman–Crippen LogP) is 4.01. The molecule has 1 aliphatic carbocycles. The van der Waals surface area contributed by atoms with Crippen LogP contribution < -0.4 is 5.73 Å². The summed E-state index contributed by atoms with van der Waals surface area (Å²) in [5.41, 5.74) is 7.21. The number of carbonyl (C=O) groups excluding carboxylic acids is 1. The summed E-state index contributed by atoms with van der Waals surface area (Å²) in [6, 6.07) is 9.61. The van der Waals surface area contributed by atoms with Gasteiger partial charge in [-0.25, -0.2) is 0 Å². The lowest BCUT2D eigenvalue weighted by Gasteiger charge is -2.14. The molecule has 1 aliphatic rings. The Labute approximate surface area is 118 Å². The molecule has 1 aromatic carbocycles. The van der Waals surface area contributed by atoms with E-state index in [1.807, 2.05) is 35.7 Å². The maximum absolute atomic E-state index is 12.6.